The topological polar surface area (TPSA) is 112 Å². The molecule has 1 aliphatic heterocycles. The lowest BCUT2D eigenvalue weighted by molar-refractivity contribution is -0.385. The van der Waals surface area contributed by atoms with Crippen LogP contribution in [0.2, 0.25) is 0 Å². The molecular weight excluding hydrogens is 314 g/mol. The van der Waals surface area contributed by atoms with E-state index >= 15 is 0 Å². The number of rotatable bonds is 4. The van der Waals surface area contributed by atoms with Gasteiger partial charge in [0.2, 0.25) is 5.95 Å². The summed E-state index contributed by atoms with van der Waals surface area (Å²) >= 11 is 0. The Balaban J connectivity index is 2.18. The summed E-state index contributed by atoms with van der Waals surface area (Å²) in [4.78, 5) is 27.4. The third-order valence-corrected chi connectivity index (χ3v) is 3.76. The molecule has 1 atom stereocenters. The van der Waals surface area contributed by atoms with Crippen molar-refractivity contribution in [3.63, 3.8) is 0 Å². The summed E-state index contributed by atoms with van der Waals surface area (Å²) in [6.45, 7) is 3.60. The van der Waals surface area contributed by atoms with E-state index in [1.165, 1.54) is 17.1 Å². The van der Waals surface area contributed by atoms with Crippen molar-refractivity contribution in [2.45, 2.75) is 19.9 Å². The molecule has 1 aromatic heterocycles. The van der Waals surface area contributed by atoms with Gasteiger partial charge in [-0.2, -0.15) is 10.1 Å². The van der Waals surface area contributed by atoms with Gasteiger partial charge in [0.25, 0.3) is 5.69 Å². The lowest BCUT2D eigenvalue weighted by atomic mass is 9.94. The van der Waals surface area contributed by atoms with Gasteiger partial charge in [0.15, 0.2) is 0 Å². The van der Waals surface area contributed by atoms with E-state index in [-0.39, 0.29) is 17.9 Å². The van der Waals surface area contributed by atoms with Gasteiger partial charge in [0, 0.05) is 6.07 Å². The van der Waals surface area contributed by atoms with Crippen LogP contribution in [0.15, 0.2) is 36.2 Å². The molecule has 9 heteroatoms. The Kier molecular flexibility index (Phi) is 3.98. The second-order valence-electron chi connectivity index (χ2n) is 5.11. The van der Waals surface area contributed by atoms with Gasteiger partial charge in [-0.05, 0) is 19.9 Å². The molecule has 2 aromatic rings. The van der Waals surface area contributed by atoms with Crippen LogP contribution in [0.4, 0.5) is 11.6 Å². The number of nitro benzene ring substituents is 1. The second-order valence-corrected chi connectivity index (χ2v) is 5.11. The third kappa shape index (κ3) is 2.49. The highest BCUT2D eigenvalue weighted by Crippen LogP contribution is 2.38. The first kappa shape index (κ1) is 15.7. The lowest BCUT2D eigenvalue weighted by Crippen LogP contribution is -2.29. The number of carbonyl (C=O) groups excluding carboxylic acids is 1. The van der Waals surface area contributed by atoms with Gasteiger partial charge in [0.1, 0.15) is 6.33 Å². The molecule has 0 radical (unpaired) electrons. The smallest absolute Gasteiger partial charge is 0.338 e. The van der Waals surface area contributed by atoms with E-state index in [9.17, 15) is 14.9 Å². The maximum Gasteiger partial charge on any atom is 0.338 e. The van der Waals surface area contributed by atoms with Gasteiger partial charge in [-0.25, -0.2) is 9.48 Å². The fraction of sp³-hybridized carbons (Fsp3) is 0.267. The second kappa shape index (κ2) is 6.11. The van der Waals surface area contributed by atoms with Crippen molar-refractivity contribution in [3.8, 4) is 0 Å². The Morgan fingerprint density at radius 2 is 2.21 bits per heavy atom. The monoisotopic (exact) mass is 329 g/mol. The number of nitrogens with one attached hydrogen (secondary N) is 1. The Hall–Kier alpha value is -3.23. The number of para-hydroxylation sites is 1. The van der Waals surface area contributed by atoms with E-state index in [1.54, 1.807) is 32.0 Å². The fourth-order valence-corrected chi connectivity index (χ4v) is 2.72. The highest BCUT2D eigenvalue weighted by Gasteiger charge is 2.36. The summed E-state index contributed by atoms with van der Waals surface area (Å²) < 4.78 is 6.60. The Bertz CT molecular complexity index is 842. The molecule has 0 amide bonds. The average Bonchev–Trinajstić information content (AvgIpc) is 3.03. The van der Waals surface area contributed by atoms with Gasteiger partial charge in [-0.3, -0.25) is 10.1 Å². The molecule has 0 aliphatic carbocycles. The van der Waals surface area contributed by atoms with E-state index < -0.39 is 16.9 Å². The third-order valence-electron chi connectivity index (χ3n) is 3.76. The SMILES string of the molecule is CCOC(=O)C1=C(C)n2ncnc2NC1c1ccccc1[N+](=O)[O-]. The zero-order valence-electron chi connectivity index (χ0n) is 13.1. The molecule has 24 heavy (non-hydrogen) atoms. The number of anilines is 1. The van der Waals surface area contributed by atoms with Crippen LogP contribution < -0.4 is 5.32 Å². The number of allylic oxidation sites excluding steroid dienone is 1. The molecule has 124 valence electrons. The van der Waals surface area contributed by atoms with Crippen molar-refractivity contribution in [2.75, 3.05) is 11.9 Å². The minimum atomic E-state index is -0.748. The highest BCUT2D eigenvalue weighted by molar-refractivity contribution is 5.98. The van der Waals surface area contributed by atoms with Gasteiger partial charge in [-0.1, -0.05) is 12.1 Å². The Morgan fingerprint density at radius 3 is 2.92 bits per heavy atom. The molecule has 9 nitrogen and oxygen atoms in total. The van der Waals surface area contributed by atoms with Crippen molar-refractivity contribution >= 4 is 23.3 Å². The van der Waals surface area contributed by atoms with E-state index in [0.717, 1.165) is 0 Å². The standard InChI is InChI=1S/C15H15N5O4/c1-3-24-14(21)12-9(2)19-15(16-8-17-19)18-13(12)10-6-4-5-7-11(10)20(22)23/h4-8,13H,3H2,1-2H3,(H,16,17,18). The van der Waals surface area contributed by atoms with E-state index in [2.05, 4.69) is 15.4 Å². The first-order valence-corrected chi connectivity index (χ1v) is 7.32. The first-order chi connectivity index (χ1) is 11.5. The number of nitrogens with zero attached hydrogens (tertiary/aromatic N) is 4. The summed E-state index contributed by atoms with van der Waals surface area (Å²) in [5.41, 5.74) is 1.06. The van der Waals surface area contributed by atoms with Crippen LogP contribution in [0.1, 0.15) is 25.5 Å². The zero-order chi connectivity index (χ0) is 17.3. The van der Waals surface area contributed by atoms with Crippen LogP contribution in [-0.2, 0) is 9.53 Å². The normalized spacial score (nSPS) is 16.3. The summed E-state index contributed by atoms with van der Waals surface area (Å²) in [6, 6.07) is 5.51. The number of aromatic nitrogens is 3. The first-order valence-electron chi connectivity index (χ1n) is 7.32. The summed E-state index contributed by atoms with van der Waals surface area (Å²) in [5.74, 6) is -0.143. The van der Waals surface area contributed by atoms with Crippen molar-refractivity contribution < 1.29 is 14.5 Å². The van der Waals surface area contributed by atoms with Crippen molar-refractivity contribution in [2.24, 2.45) is 0 Å². The number of carbonyl (C=O) groups is 1. The summed E-state index contributed by atoms with van der Waals surface area (Å²) in [6.07, 6.45) is 1.34. The number of hydrogen-bond acceptors (Lipinski definition) is 7. The predicted molar refractivity (Wildman–Crippen MR) is 85.0 cm³/mol. The summed E-state index contributed by atoms with van der Waals surface area (Å²) in [7, 11) is 0. The molecule has 1 aliphatic rings. The van der Waals surface area contributed by atoms with Crippen LogP contribution in [0.25, 0.3) is 5.70 Å². The average molecular weight is 329 g/mol. The van der Waals surface area contributed by atoms with Crippen LogP contribution in [0.3, 0.4) is 0 Å². The number of hydrogen-bond donors (Lipinski definition) is 1. The quantitative estimate of drug-likeness (QED) is 0.519. The molecule has 0 bridgehead atoms. The maximum atomic E-state index is 12.5. The maximum absolute atomic E-state index is 12.5. The number of esters is 1. The number of benzene rings is 1. The van der Waals surface area contributed by atoms with E-state index in [4.69, 9.17) is 4.74 Å². The van der Waals surface area contributed by atoms with Crippen LogP contribution in [-0.4, -0.2) is 32.3 Å². The number of ether oxygens (including phenoxy) is 1. The molecule has 1 aromatic carbocycles. The van der Waals surface area contributed by atoms with Crippen molar-refractivity contribution in [1.82, 2.24) is 14.8 Å². The zero-order valence-corrected chi connectivity index (χ0v) is 13.1. The van der Waals surface area contributed by atoms with Gasteiger partial charge in [0.05, 0.1) is 34.4 Å². The van der Waals surface area contributed by atoms with Crippen molar-refractivity contribution in [1.29, 1.82) is 0 Å². The van der Waals surface area contributed by atoms with Crippen LogP contribution >= 0.6 is 0 Å². The lowest BCUT2D eigenvalue weighted by Gasteiger charge is -2.27. The molecule has 1 N–H and O–H groups in total. The minimum absolute atomic E-state index is 0.0856. The predicted octanol–water partition coefficient (Wildman–Crippen LogP) is 2.15. The molecule has 0 spiro atoms. The molecule has 3 rings (SSSR count). The van der Waals surface area contributed by atoms with Gasteiger partial charge < -0.3 is 10.1 Å². The van der Waals surface area contributed by atoms with E-state index in [1.807, 2.05) is 0 Å². The summed E-state index contributed by atoms with van der Waals surface area (Å²) in [5, 5.41) is 18.5. The largest absolute Gasteiger partial charge is 0.463 e. The molecular formula is C15H15N5O4. The minimum Gasteiger partial charge on any atom is -0.463 e. The molecule has 1 unspecified atom stereocenters. The van der Waals surface area contributed by atoms with Gasteiger partial charge >= 0.3 is 5.97 Å². The van der Waals surface area contributed by atoms with Gasteiger partial charge in [-0.15, -0.1) is 0 Å². The molecule has 0 saturated carbocycles. The fourth-order valence-electron chi connectivity index (χ4n) is 2.72. The Labute approximate surface area is 137 Å². The number of nitro groups is 1. The molecule has 0 fully saturated rings. The van der Waals surface area contributed by atoms with Crippen LogP contribution in [0.5, 0.6) is 0 Å². The van der Waals surface area contributed by atoms with Crippen molar-refractivity contribution in [3.05, 3.63) is 51.8 Å². The molecule has 2 heterocycles. The number of fused-ring (bicyclic) bond motifs is 1. The Morgan fingerprint density at radius 1 is 1.46 bits per heavy atom. The van der Waals surface area contributed by atoms with Crippen LogP contribution in [0, 0.1) is 10.1 Å². The molecule has 0 saturated heterocycles. The van der Waals surface area contributed by atoms with E-state index in [0.29, 0.717) is 17.2 Å². The highest BCUT2D eigenvalue weighted by atomic mass is 16.6.